The number of benzene rings is 2. The number of ether oxygens (including phenoxy) is 2. The summed E-state index contributed by atoms with van der Waals surface area (Å²) in [5.74, 6) is -3.93. The van der Waals surface area contributed by atoms with Crippen LogP contribution < -0.4 is 76.2 Å². The fourth-order valence-corrected chi connectivity index (χ4v) is 12.9. The maximum absolute atomic E-state index is 12.4. The van der Waals surface area contributed by atoms with E-state index in [9.17, 15) is 82.1 Å². The molecule has 2 aromatic carbocycles. The Balaban J connectivity index is -0.00000213. The standard InChI is InChI=1S/C45H75N5O10.C40H67N5O9.C6H13NO.C6H12O.H3N/c1-33(34(2)51)19-14-16-30-48-43(55)39(47)22-15-17-31-49-42(54)38(46)21-12-10-11-20-36(52)26-29-40(45(58)59)50-41(53)23-13-8-6-4-3-5-7-9-18-32-60-37-27-24-35(25-28-37)44(56)57;1-2-27-43-37(48)34(42)19-14-15-28-44-38(49)33(41)18-12-10-11-17-31(46)23-26-35(40(52)53)45-36(47)20-13-8-6-4-3-5-7-9-16-29-54-32-24-21-30(22-25-32)39(50)51;1-3-4-6(7)5(2)8;1-5(7)6(2,3)4;/h24-25,27-28,33,38-40H,3-23,26,29-32,46-47H2,1-2H3,(H,48,55)(H,49,54)(H,50,53)(H,56,57)(H,58,59);21-22,24-25,33-35H,2-20,23,26-29,41-42H2,1H3,(H,43,48)(H,44,49)(H,45,47)(H,50,51)(H,52,53);6H,3-4,7H2,1-2H3;1-4H3;1H3/t33-,38-,39-,40-;33-,34-,35-;6-;;/m000../s1. The van der Waals surface area contributed by atoms with Crippen molar-refractivity contribution in [1.29, 1.82) is 0 Å². The van der Waals surface area contributed by atoms with Crippen LogP contribution in [0.4, 0.5) is 0 Å². The van der Waals surface area contributed by atoms with Gasteiger partial charge in [0.2, 0.25) is 35.4 Å². The number of unbranched alkanes of at least 4 members (excludes halogenated alkanes) is 23. The van der Waals surface area contributed by atoms with E-state index in [4.69, 9.17) is 48.4 Å². The molecule has 0 fully saturated rings. The highest BCUT2D eigenvalue weighted by Gasteiger charge is 2.25. The van der Waals surface area contributed by atoms with Gasteiger partial charge in [-0.1, -0.05) is 170 Å². The number of Topliss-reactive ketones (excluding diaryl/α,β-unsaturated/α-hetero) is 5. The number of carboxylic acids is 4. The Labute approximate surface area is 774 Å². The molecule has 0 radical (unpaired) electrons. The van der Waals surface area contributed by atoms with Gasteiger partial charge in [-0.15, -0.1) is 0 Å². The van der Waals surface area contributed by atoms with Crippen LogP contribution in [0, 0.1) is 11.3 Å². The van der Waals surface area contributed by atoms with Gasteiger partial charge in [-0.2, -0.15) is 0 Å². The number of carboxylic acid groups (broad SMARTS) is 4. The molecule has 130 heavy (non-hydrogen) atoms. The number of nitrogens with one attached hydrogen (secondary N) is 6. The minimum atomic E-state index is -1.16. The summed E-state index contributed by atoms with van der Waals surface area (Å²) >= 11 is 0. The number of rotatable bonds is 75. The van der Waals surface area contributed by atoms with E-state index in [1.165, 1.54) is 31.2 Å². The van der Waals surface area contributed by atoms with Crippen molar-refractivity contribution in [3.63, 3.8) is 0 Å². The molecular weight excluding hydrogens is 1670 g/mol. The number of aromatic carboxylic acids is 2. The lowest BCUT2D eigenvalue weighted by atomic mass is 9.92. The zero-order valence-electron chi connectivity index (χ0n) is 80.3. The highest BCUT2D eigenvalue weighted by molar-refractivity contribution is 5.89. The molecule has 33 nitrogen and oxygen atoms in total. The Bertz CT molecular complexity index is 3490. The Morgan fingerprint density at radius 1 is 0.331 bits per heavy atom. The Morgan fingerprint density at radius 2 is 0.608 bits per heavy atom. The van der Waals surface area contributed by atoms with Crippen molar-refractivity contribution in [2.45, 2.75) is 400 Å². The largest absolute Gasteiger partial charge is 0.494 e. The summed E-state index contributed by atoms with van der Waals surface area (Å²) in [5.41, 5.74) is 29.6. The molecule has 0 aliphatic carbocycles. The van der Waals surface area contributed by atoms with Crippen molar-refractivity contribution in [2.24, 2.45) is 40.0 Å². The van der Waals surface area contributed by atoms with Gasteiger partial charge >= 0.3 is 23.9 Å². The maximum Gasteiger partial charge on any atom is 0.335 e. The van der Waals surface area contributed by atoms with E-state index in [-0.39, 0.29) is 138 Å². The van der Waals surface area contributed by atoms with Gasteiger partial charge in [0, 0.05) is 76.0 Å². The van der Waals surface area contributed by atoms with Gasteiger partial charge in [0.05, 0.1) is 54.5 Å². The first kappa shape index (κ1) is 125. The summed E-state index contributed by atoms with van der Waals surface area (Å²) < 4.78 is 11.3. The highest BCUT2D eigenvalue weighted by Crippen LogP contribution is 2.20. The number of carbonyl (C=O) groups is 15. The third-order valence-electron chi connectivity index (χ3n) is 22.1. The molecule has 0 bridgehead atoms. The van der Waals surface area contributed by atoms with Crippen molar-refractivity contribution in [3.8, 4) is 11.5 Å². The molecule has 0 aromatic heterocycles. The highest BCUT2D eigenvalue weighted by atomic mass is 16.5. The summed E-state index contributed by atoms with van der Waals surface area (Å²) in [6.07, 6.45) is 33.2. The van der Waals surface area contributed by atoms with E-state index in [1.807, 2.05) is 41.5 Å². The third-order valence-corrected chi connectivity index (χ3v) is 22.1. The van der Waals surface area contributed by atoms with Crippen molar-refractivity contribution in [1.82, 2.24) is 38.1 Å². The van der Waals surface area contributed by atoms with E-state index in [2.05, 4.69) is 31.9 Å². The SMILES string of the molecule is CC(=O)C(C)(C)C.CC(=O)[C@@H](C)CCCCNC(=O)[C@@H](N)CCCCNC(=O)[C@@H](N)CCCCCC(=O)CC[C@H](NC(=O)CCCCCCCCCCCOc1ccc(C(=O)O)cc1)C(=O)O.CCCNC(=O)[C@@H](N)CCCCNC(=O)[C@@H](N)CCCCCC(=O)CC[C@H](NC(=O)CCCCCCCCCCCOc1ccc(C(=O)O)cc1)C(=O)O.CCC[C@H](N)C(C)=O.N. The van der Waals surface area contributed by atoms with E-state index in [1.54, 1.807) is 38.1 Å². The van der Waals surface area contributed by atoms with E-state index in [0.29, 0.717) is 160 Å². The lowest BCUT2D eigenvalue weighted by molar-refractivity contribution is -0.142. The van der Waals surface area contributed by atoms with Gasteiger partial charge in [0.1, 0.15) is 52.5 Å². The summed E-state index contributed by atoms with van der Waals surface area (Å²) in [5, 5.41) is 53.4. The molecule has 0 saturated carbocycles. The first-order chi connectivity index (χ1) is 61.3. The van der Waals surface area contributed by atoms with Crippen molar-refractivity contribution in [3.05, 3.63) is 59.7 Å². The smallest absolute Gasteiger partial charge is 0.335 e. The van der Waals surface area contributed by atoms with E-state index in [0.717, 1.165) is 148 Å². The van der Waals surface area contributed by atoms with Crippen LogP contribution in [0.2, 0.25) is 0 Å². The topological polar surface area (TPSA) is 593 Å². The quantitative estimate of drug-likeness (QED) is 0.0274. The summed E-state index contributed by atoms with van der Waals surface area (Å²) in [6.45, 7) is 19.6. The molecule has 0 unspecified atom stereocenters. The predicted octanol–water partition coefficient (Wildman–Crippen LogP) is 13.5. The van der Waals surface area contributed by atoms with Crippen LogP contribution in [0.25, 0.3) is 0 Å². The lowest BCUT2D eigenvalue weighted by Gasteiger charge is -2.14. The van der Waals surface area contributed by atoms with E-state index >= 15 is 0 Å². The summed E-state index contributed by atoms with van der Waals surface area (Å²) in [6, 6.07) is 7.89. The zero-order valence-corrected chi connectivity index (χ0v) is 80.3. The fourth-order valence-electron chi connectivity index (χ4n) is 12.9. The molecule has 0 saturated heterocycles. The van der Waals surface area contributed by atoms with Crippen molar-refractivity contribution >= 4 is 88.2 Å². The normalized spacial score (nSPS) is 12.7. The number of carbonyl (C=O) groups excluding carboxylic acids is 11. The zero-order chi connectivity index (χ0) is 97.2. The minimum Gasteiger partial charge on any atom is -0.494 e. The molecule has 0 aliphatic heterocycles. The van der Waals surface area contributed by atoms with Gasteiger partial charge in [-0.05, 0) is 198 Å². The third kappa shape index (κ3) is 71.6. The average Bonchev–Trinajstić information content (AvgIpc) is 0.897. The second-order valence-electron chi connectivity index (χ2n) is 34.9. The first-order valence-electron chi connectivity index (χ1n) is 47.7. The van der Waals surface area contributed by atoms with Crippen LogP contribution in [-0.4, -0.2) is 190 Å². The number of amides is 6. The molecule has 6 amide bonds. The Morgan fingerprint density at radius 3 is 0.877 bits per heavy atom. The molecule has 0 spiro atoms. The van der Waals surface area contributed by atoms with Gasteiger partial charge in [0.25, 0.3) is 0 Å². The van der Waals surface area contributed by atoms with Gasteiger partial charge in [-0.3, -0.25) is 52.7 Å². The molecular formula is C97H170N12O21. The van der Waals surface area contributed by atoms with Gasteiger partial charge < -0.3 is 96.6 Å². The number of ketones is 5. The van der Waals surface area contributed by atoms with Crippen LogP contribution in [0.15, 0.2) is 48.5 Å². The molecule has 2 aromatic rings. The monoisotopic (exact) mass is 1840 g/mol. The molecule has 0 heterocycles. The molecule has 33 heteroatoms. The second kappa shape index (κ2) is 79.6. The van der Waals surface area contributed by atoms with Crippen LogP contribution >= 0.6 is 0 Å². The van der Waals surface area contributed by atoms with Crippen molar-refractivity contribution < 1.29 is 102 Å². The van der Waals surface area contributed by atoms with Crippen LogP contribution in [0.1, 0.15) is 378 Å². The number of nitrogens with two attached hydrogens (primary N) is 5. The Hall–Kier alpha value is -9.15. The van der Waals surface area contributed by atoms with Crippen molar-refractivity contribution in [2.75, 3.05) is 39.4 Å². The van der Waals surface area contributed by atoms with Crippen LogP contribution in [0.5, 0.6) is 11.5 Å². The summed E-state index contributed by atoms with van der Waals surface area (Å²) in [7, 11) is 0. The average molecular weight is 1840 g/mol. The molecule has 744 valence electrons. The lowest BCUT2D eigenvalue weighted by Crippen LogP contribution is -2.41. The second-order valence-corrected chi connectivity index (χ2v) is 34.9. The predicted molar refractivity (Wildman–Crippen MR) is 508 cm³/mol. The maximum atomic E-state index is 12.4. The van der Waals surface area contributed by atoms with E-state index < -0.39 is 60.1 Å². The molecule has 8 atom stereocenters. The molecule has 0 aliphatic rings. The first-order valence-corrected chi connectivity index (χ1v) is 47.7. The number of hydrogen-bond donors (Lipinski definition) is 16. The van der Waals surface area contributed by atoms with Gasteiger partial charge in [-0.25, -0.2) is 19.2 Å². The van der Waals surface area contributed by atoms with Crippen LogP contribution in [0.3, 0.4) is 0 Å². The van der Waals surface area contributed by atoms with Crippen LogP contribution in [-0.2, 0) is 62.3 Å². The Kier molecular flexibility index (Phi) is 76.5. The summed E-state index contributed by atoms with van der Waals surface area (Å²) in [4.78, 5) is 176. The number of hydrogen-bond acceptors (Lipinski definition) is 23. The molecule has 23 N–H and O–H groups in total. The minimum absolute atomic E-state index is 0. The number of aliphatic carboxylic acids is 2. The fraction of sp³-hybridized carbons (Fsp3) is 0.722. The van der Waals surface area contributed by atoms with Gasteiger partial charge in [0.15, 0.2) is 0 Å². The molecule has 2 rings (SSSR count).